The molecule has 0 radical (unpaired) electrons. The minimum absolute atomic E-state index is 0.651. The fourth-order valence-electron chi connectivity index (χ4n) is 1.64. The summed E-state index contributed by atoms with van der Waals surface area (Å²) >= 11 is 0. The zero-order valence-corrected chi connectivity index (χ0v) is 9.29. The van der Waals surface area contributed by atoms with Gasteiger partial charge in [0.25, 0.3) is 0 Å². The second-order valence-electron chi connectivity index (χ2n) is 3.82. The molecule has 3 heteroatoms. The largest absolute Gasteiger partial charge is 0.369 e. The van der Waals surface area contributed by atoms with Crippen LogP contribution in [0, 0.1) is 6.92 Å². The summed E-state index contributed by atoms with van der Waals surface area (Å²) in [7, 11) is 0. The number of unbranched alkanes of at least 4 members (excludes halogenated alkanes) is 4. The Morgan fingerprint density at radius 3 is 2.57 bits per heavy atom. The molecule has 14 heavy (non-hydrogen) atoms. The predicted molar refractivity (Wildman–Crippen MR) is 60.1 cm³/mol. The van der Waals surface area contributed by atoms with Crippen LogP contribution in [0.3, 0.4) is 0 Å². The van der Waals surface area contributed by atoms with Crippen molar-refractivity contribution in [3.63, 3.8) is 0 Å². The van der Waals surface area contributed by atoms with Crippen LogP contribution in [0.1, 0.15) is 44.7 Å². The molecule has 0 aromatic carbocycles. The third kappa shape index (κ3) is 3.05. The molecule has 0 fully saturated rings. The van der Waals surface area contributed by atoms with E-state index in [0.29, 0.717) is 5.95 Å². The first kappa shape index (κ1) is 11.1. The Bertz CT molecular complexity index is 246. The number of aryl methyl sites for hydroxylation is 1. The van der Waals surface area contributed by atoms with E-state index in [-0.39, 0.29) is 0 Å². The summed E-state index contributed by atoms with van der Waals surface area (Å²) in [4.78, 5) is 4.07. The Hall–Kier alpha value is -0.990. The molecule has 1 aromatic rings. The topological polar surface area (TPSA) is 43.8 Å². The fourth-order valence-corrected chi connectivity index (χ4v) is 1.64. The predicted octanol–water partition coefficient (Wildman–Crippen LogP) is 2.74. The summed E-state index contributed by atoms with van der Waals surface area (Å²) in [6.07, 6.45) is 8.32. The zero-order valence-electron chi connectivity index (χ0n) is 9.29. The lowest BCUT2D eigenvalue weighted by atomic mass is 10.1. The average molecular weight is 195 g/mol. The minimum Gasteiger partial charge on any atom is -0.369 e. The van der Waals surface area contributed by atoms with Crippen molar-refractivity contribution in [3.8, 4) is 0 Å². The lowest BCUT2D eigenvalue weighted by molar-refractivity contribution is 0.566. The number of imidazole rings is 1. The maximum atomic E-state index is 5.73. The first-order valence-corrected chi connectivity index (χ1v) is 5.53. The van der Waals surface area contributed by atoms with Crippen LogP contribution in [-0.2, 0) is 6.54 Å². The molecule has 0 aliphatic carbocycles. The molecular weight excluding hydrogens is 174 g/mol. The fraction of sp³-hybridized carbons (Fsp3) is 0.727. The van der Waals surface area contributed by atoms with Crippen molar-refractivity contribution in [2.45, 2.75) is 52.5 Å². The Morgan fingerprint density at radius 1 is 1.29 bits per heavy atom. The molecule has 0 amide bonds. The maximum Gasteiger partial charge on any atom is 0.200 e. The van der Waals surface area contributed by atoms with E-state index >= 15 is 0 Å². The van der Waals surface area contributed by atoms with Gasteiger partial charge in [-0.15, -0.1) is 0 Å². The Morgan fingerprint density at radius 2 is 2.00 bits per heavy atom. The summed E-state index contributed by atoms with van der Waals surface area (Å²) < 4.78 is 2.09. The van der Waals surface area contributed by atoms with Crippen molar-refractivity contribution in [2.75, 3.05) is 5.73 Å². The lowest BCUT2D eigenvalue weighted by Gasteiger charge is -2.06. The number of aromatic nitrogens is 2. The van der Waals surface area contributed by atoms with Crippen LogP contribution in [-0.4, -0.2) is 9.55 Å². The third-order valence-electron chi connectivity index (χ3n) is 2.57. The quantitative estimate of drug-likeness (QED) is 0.709. The lowest BCUT2D eigenvalue weighted by Crippen LogP contribution is -2.05. The van der Waals surface area contributed by atoms with Gasteiger partial charge >= 0.3 is 0 Å². The smallest absolute Gasteiger partial charge is 0.200 e. The first-order chi connectivity index (χ1) is 6.75. The second-order valence-corrected chi connectivity index (χ2v) is 3.82. The third-order valence-corrected chi connectivity index (χ3v) is 2.57. The molecule has 1 aromatic heterocycles. The van der Waals surface area contributed by atoms with E-state index in [0.717, 1.165) is 12.2 Å². The highest BCUT2D eigenvalue weighted by molar-refractivity contribution is 5.21. The van der Waals surface area contributed by atoms with Crippen LogP contribution in [0.2, 0.25) is 0 Å². The number of nitrogen functional groups attached to an aromatic ring is 1. The monoisotopic (exact) mass is 195 g/mol. The zero-order chi connectivity index (χ0) is 10.4. The van der Waals surface area contributed by atoms with Crippen LogP contribution in [0.25, 0.3) is 0 Å². The molecule has 0 aliphatic heterocycles. The SMILES string of the molecule is CCCCCCCn1c(C)cnc1N. The molecule has 0 aliphatic rings. The van der Waals surface area contributed by atoms with Crippen molar-refractivity contribution in [1.29, 1.82) is 0 Å². The standard InChI is InChI=1S/C11H21N3/c1-3-4-5-6-7-8-14-10(2)9-13-11(14)12/h9H,3-8H2,1-2H3,(H2,12,13). The van der Waals surface area contributed by atoms with Crippen LogP contribution < -0.4 is 5.73 Å². The van der Waals surface area contributed by atoms with Crippen molar-refractivity contribution in [1.82, 2.24) is 9.55 Å². The van der Waals surface area contributed by atoms with Gasteiger partial charge in [0, 0.05) is 12.2 Å². The minimum atomic E-state index is 0.651. The van der Waals surface area contributed by atoms with Gasteiger partial charge in [0.05, 0.1) is 6.20 Å². The highest BCUT2D eigenvalue weighted by Gasteiger charge is 2.01. The van der Waals surface area contributed by atoms with Gasteiger partial charge in [-0.1, -0.05) is 32.6 Å². The van der Waals surface area contributed by atoms with E-state index in [9.17, 15) is 0 Å². The van der Waals surface area contributed by atoms with Crippen molar-refractivity contribution >= 4 is 5.95 Å². The number of rotatable bonds is 6. The highest BCUT2D eigenvalue weighted by atomic mass is 15.1. The van der Waals surface area contributed by atoms with Gasteiger partial charge in [-0.2, -0.15) is 0 Å². The molecule has 0 unspecified atom stereocenters. The number of nitrogens with two attached hydrogens (primary N) is 1. The van der Waals surface area contributed by atoms with Gasteiger partial charge < -0.3 is 10.3 Å². The van der Waals surface area contributed by atoms with E-state index in [4.69, 9.17) is 5.73 Å². The van der Waals surface area contributed by atoms with Crippen LogP contribution in [0.5, 0.6) is 0 Å². The van der Waals surface area contributed by atoms with E-state index < -0.39 is 0 Å². The first-order valence-electron chi connectivity index (χ1n) is 5.53. The number of hydrogen-bond acceptors (Lipinski definition) is 2. The Balaban J connectivity index is 2.24. The van der Waals surface area contributed by atoms with Crippen LogP contribution in [0.4, 0.5) is 5.95 Å². The van der Waals surface area contributed by atoms with E-state index in [1.165, 1.54) is 32.1 Å². The summed E-state index contributed by atoms with van der Waals surface area (Å²) in [6.45, 7) is 5.30. The van der Waals surface area contributed by atoms with Crippen LogP contribution in [0.15, 0.2) is 6.20 Å². The molecule has 2 N–H and O–H groups in total. The van der Waals surface area contributed by atoms with Crippen molar-refractivity contribution < 1.29 is 0 Å². The molecule has 0 bridgehead atoms. The van der Waals surface area contributed by atoms with Crippen molar-refractivity contribution in [2.24, 2.45) is 0 Å². The summed E-state index contributed by atoms with van der Waals surface area (Å²) in [6, 6.07) is 0. The molecule has 0 atom stereocenters. The average Bonchev–Trinajstić information content (AvgIpc) is 2.48. The van der Waals surface area contributed by atoms with Gasteiger partial charge in [-0.05, 0) is 13.3 Å². The highest BCUT2D eigenvalue weighted by Crippen LogP contribution is 2.09. The number of anilines is 1. The molecule has 0 saturated carbocycles. The summed E-state index contributed by atoms with van der Waals surface area (Å²) in [5.74, 6) is 0.651. The Kier molecular flexibility index (Phi) is 4.50. The Labute approximate surface area is 86.3 Å². The molecule has 1 heterocycles. The number of hydrogen-bond donors (Lipinski definition) is 1. The van der Waals surface area contributed by atoms with Crippen molar-refractivity contribution in [3.05, 3.63) is 11.9 Å². The molecule has 80 valence electrons. The normalized spacial score (nSPS) is 10.7. The molecule has 0 spiro atoms. The van der Waals surface area contributed by atoms with Crippen LogP contribution >= 0.6 is 0 Å². The van der Waals surface area contributed by atoms with E-state index in [1.807, 2.05) is 6.20 Å². The number of nitrogens with zero attached hydrogens (tertiary/aromatic N) is 2. The maximum absolute atomic E-state index is 5.73. The summed E-state index contributed by atoms with van der Waals surface area (Å²) in [5, 5.41) is 0. The molecule has 1 rings (SSSR count). The van der Waals surface area contributed by atoms with Gasteiger partial charge in [0.2, 0.25) is 0 Å². The van der Waals surface area contributed by atoms with E-state index in [2.05, 4.69) is 23.4 Å². The van der Waals surface area contributed by atoms with Gasteiger partial charge in [-0.3, -0.25) is 0 Å². The van der Waals surface area contributed by atoms with Gasteiger partial charge in [0.15, 0.2) is 5.95 Å². The van der Waals surface area contributed by atoms with Gasteiger partial charge in [0.1, 0.15) is 0 Å². The summed E-state index contributed by atoms with van der Waals surface area (Å²) in [5.41, 5.74) is 6.90. The molecular formula is C11H21N3. The van der Waals surface area contributed by atoms with E-state index in [1.54, 1.807) is 0 Å². The molecule has 3 nitrogen and oxygen atoms in total. The van der Waals surface area contributed by atoms with Gasteiger partial charge in [-0.25, -0.2) is 4.98 Å². The molecule has 0 saturated heterocycles. The second kappa shape index (κ2) is 5.68.